The summed E-state index contributed by atoms with van der Waals surface area (Å²) >= 11 is 0. The van der Waals surface area contributed by atoms with Gasteiger partial charge in [-0.05, 0) is 32.0 Å². The summed E-state index contributed by atoms with van der Waals surface area (Å²) in [7, 11) is 2.08. The van der Waals surface area contributed by atoms with Crippen LogP contribution in [0.3, 0.4) is 0 Å². The monoisotopic (exact) mass is 235 g/mol. The predicted octanol–water partition coefficient (Wildman–Crippen LogP) is 1.69. The lowest BCUT2D eigenvalue weighted by Crippen LogP contribution is -2.33. The van der Waals surface area contributed by atoms with Gasteiger partial charge >= 0.3 is 0 Å². The zero-order chi connectivity index (χ0) is 12.3. The number of benzene rings is 1. The third-order valence-corrected chi connectivity index (χ3v) is 3.16. The maximum atomic E-state index is 9.25. The summed E-state index contributed by atoms with van der Waals surface area (Å²) in [4.78, 5) is 2.23. The van der Waals surface area contributed by atoms with Crippen molar-refractivity contribution >= 4 is 0 Å². The molecule has 3 nitrogen and oxygen atoms in total. The molecule has 1 aromatic carbocycles. The minimum Gasteiger partial charge on any atom is -0.488 e. The Bertz CT molecular complexity index is 340. The Kier molecular flexibility index (Phi) is 4.02. The fourth-order valence-corrected chi connectivity index (χ4v) is 2.20. The van der Waals surface area contributed by atoms with Crippen LogP contribution in [0, 0.1) is 0 Å². The molecule has 0 fully saturated rings. The van der Waals surface area contributed by atoms with Crippen molar-refractivity contribution in [3.63, 3.8) is 0 Å². The minimum atomic E-state index is -0.223. The van der Waals surface area contributed by atoms with Crippen LogP contribution < -0.4 is 4.74 Å². The van der Waals surface area contributed by atoms with Crippen LogP contribution in [0.4, 0.5) is 0 Å². The van der Waals surface area contributed by atoms with Crippen LogP contribution in [0.5, 0.6) is 5.75 Å². The van der Waals surface area contributed by atoms with Crippen molar-refractivity contribution in [2.24, 2.45) is 0 Å². The Morgan fingerprint density at radius 1 is 1.47 bits per heavy atom. The van der Waals surface area contributed by atoms with E-state index in [0.717, 1.165) is 31.7 Å². The Balaban J connectivity index is 1.79. The first kappa shape index (κ1) is 12.4. The van der Waals surface area contributed by atoms with Crippen molar-refractivity contribution in [2.75, 3.05) is 20.1 Å². The van der Waals surface area contributed by atoms with Gasteiger partial charge in [0.25, 0.3) is 0 Å². The molecule has 2 rings (SSSR count). The van der Waals surface area contributed by atoms with Crippen LogP contribution in [0.2, 0.25) is 0 Å². The molecular formula is C14H21NO2. The zero-order valence-corrected chi connectivity index (χ0v) is 10.6. The topological polar surface area (TPSA) is 32.7 Å². The van der Waals surface area contributed by atoms with Gasteiger partial charge in [0.2, 0.25) is 0 Å². The molecule has 2 unspecified atom stereocenters. The van der Waals surface area contributed by atoms with Gasteiger partial charge in [0.15, 0.2) is 0 Å². The first-order chi connectivity index (χ1) is 8.15. The maximum Gasteiger partial charge on any atom is 0.123 e. The van der Waals surface area contributed by atoms with E-state index in [1.807, 2.05) is 19.1 Å². The highest BCUT2D eigenvalue weighted by molar-refractivity contribution is 5.37. The fraction of sp³-hybridized carbons (Fsp3) is 0.571. The largest absolute Gasteiger partial charge is 0.488 e. The van der Waals surface area contributed by atoms with Gasteiger partial charge in [0.05, 0.1) is 6.10 Å². The standard InChI is InChI=1S/C14H21NO2/c1-11(16)7-8-15(2)10-13-9-12-5-3-4-6-14(12)17-13/h3-6,11,13,16H,7-10H2,1-2H3. The second-order valence-electron chi connectivity index (χ2n) is 4.95. The summed E-state index contributed by atoms with van der Waals surface area (Å²) < 4.78 is 5.88. The lowest BCUT2D eigenvalue weighted by molar-refractivity contribution is 0.136. The molecule has 17 heavy (non-hydrogen) atoms. The van der Waals surface area contributed by atoms with E-state index in [-0.39, 0.29) is 12.2 Å². The number of fused-ring (bicyclic) bond motifs is 1. The molecule has 3 heteroatoms. The average Bonchev–Trinajstić information content (AvgIpc) is 2.68. The molecule has 0 bridgehead atoms. The molecule has 1 aliphatic heterocycles. The molecule has 2 atom stereocenters. The highest BCUT2D eigenvalue weighted by atomic mass is 16.5. The lowest BCUT2D eigenvalue weighted by atomic mass is 10.1. The molecule has 0 radical (unpaired) electrons. The molecular weight excluding hydrogens is 214 g/mol. The number of ether oxygens (including phenoxy) is 1. The Hall–Kier alpha value is -1.06. The maximum absolute atomic E-state index is 9.25. The smallest absolute Gasteiger partial charge is 0.123 e. The van der Waals surface area contributed by atoms with Crippen molar-refractivity contribution in [2.45, 2.75) is 32.0 Å². The van der Waals surface area contributed by atoms with Crippen molar-refractivity contribution in [3.8, 4) is 5.75 Å². The van der Waals surface area contributed by atoms with Crippen LogP contribution in [0.1, 0.15) is 18.9 Å². The van der Waals surface area contributed by atoms with E-state index in [9.17, 15) is 5.11 Å². The van der Waals surface area contributed by atoms with Gasteiger partial charge in [-0.2, -0.15) is 0 Å². The summed E-state index contributed by atoms with van der Waals surface area (Å²) in [5, 5.41) is 9.25. The van der Waals surface area contributed by atoms with Crippen molar-refractivity contribution in [3.05, 3.63) is 29.8 Å². The third kappa shape index (κ3) is 3.45. The van der Waals surface area contributed by atoms with E-state index >= 15 is 0 Å². The van der Waals surface area contributed by atoms with Crippen molar-refractivity contribution in [1.82, 2.24) is 4.90 Å². The molecule has 0 spiro atoms. The van der Waals surface area contributed by atoms with Crippen LogP contribution in [-0.4, -0.2) is 42.4 Å². The molecule has 0 saturated carbocycles. The highest BCUT2D eigenvalue weighted by Gasteiger charge is 2.23. The predicted molar refractivity (Wildman–Crippen MR) is 68.4 cm³/mol. The van der Waals surface area contributed by atoms with E-state index < -0.39 is 0 Å². The summed E-state index contributed by atoms with van der Waals surface area (Å²) in [5.74, 6) is 1.03. The highest BCUT2D eigenvalue weighted by Crippen LogP contribution is 2.28. The van der Waals surface area contributed by atoms with Crippen molar-refractivity contribution in [1.29, 1.82) is 0 Å². The number of aliphatic hydroxyl groups is 1. The summed E-state index contributed by atoms with van der Waals surface area (Å²) in [6.45, 7) is 3.66. The molecule has 1 aromatic rings. The van der Waals surface area contributed by atoms with Crippen LogP contribution >= 0.6 is 0 Å². The normalized spacial score (nSPS) is 20.1. The quantitative estimate of drug-likeness (QED) is 0.843. The number of hydrogen-bond acceptors (Lipinski definition) is 3. The fourth-order valence-electron chi connectivity index (χ4n) is 2.20. The first-order valence-electron chi connectivity index (χ1n) is 6.26. The second kappa shape index (κ2) is 5.52. The SMILES string of the molecule is CC(O)CCN(C)CC1Cc2ccccc2O1. The molecule has 0 saturated heterocycles. The first-order valence-corrected chi connectivity index (χ1v) is 6.26. The van der Waals surface area contributed by atoms with E-state index in [1.165, 1.54) is 5.56 Å². The number of nitrogens with zero attached hydrogens (tertiary/aromatic N) is 1. The van der Waals surface area contributed by atoms with E-state index in [1.54, 1.807) is 0 Å². The Morgan fingerprint density at radius 2 is 2.24 bits per heavy atom. The molecule has 0 aromatic heterocycles. The van der Waals surface area contributed by atoms with Gasteiger partial charge < -0.3 is 14.7 Å². The van der Waals surface area contributed by atoms with E-state index in [2.05, 4.69) is 24.1 Å². The van der Waals surface area contributed by atoms with Crippen LogP contribution in [-0.2, 0) is 6.42 Å². The van der Waals surface area contributed by atoms with Gasteiger partial charge in [-0.1, -0.05) is 18.2 Å². The minimum absolute atomic E-state index is 0.223. The van der Waals surface area contributed by atoms with Gasteiger partial charge in [-0.25, -0.2) is 0 Å². The molecule has 1 heterocycles. The Labute approximate surface area is 103 Å². The van der Waals surface area contributed by atoms with Crippen molar-refractivity contribution < 1.29 is 9.84 Å². The van der Waals surface area contributed by atoms with Gasteiger partial charge in [0.1, 0.15) is 11.9 Å². The molecule has 0 amide bonds. The number of aliphatic hydroxyl groups excluding tert-OH is 1. The van der Waals surface area contributed by atoms with E-state index in [0.29, 0.717) is 0 Å². The number of hydrogen-bond donors (Lipinski definition) is 1. The number of likely N-dealkylation sites (N-methyl/N-ethyl adjacent to an activating group) is 1. The average molecular weight is 235 g/mol. The molecule has 1 aliphatic rings. The number of rotatable bonds is 5. The zero-order valence-electron chi connectivity index (χ0n) is 10.6. The van der Waals surface area contributed by atoms with Crippen LogP contribution in [0.25, 0.3) is 0 Å². The van der Waals surface area contributed by atoms with Gasteiger partial charge in [0, 0.05) is 19.5 Å². The molecule has 1 N–H and O–H groups in total. The summed E-state index contributed by atoms with van der Waals surface area (Å²) in [6.07, 6.45) is 1.84. The molecule has 0 aliphatic carbocycles. The number of para-hydroxylation sites is 1. The second-order valence-corrected chi connectivity index (χ2v) is 4.95. The third-order valence-electron chi connectivity index (χ3n) is 3.16. The lowest BCUT2D eigenvalue weighted by Gasteiger charge is -2.21. The summed E-state index contributed by atoms with van der Waals surface area (Å²) in [6, 6.07) is 8.23. The van der Waals surface area contributed by atoms with Gasteiger partial charge in [-0.15, -0.1) is 0 Å². The van der Waals surface area contributed by atoms with Crippen LogP contribution in [0.15, 0.2) is 24.3 Å². The summed E-state index contributed by atoms with van der Waals surface area (Å²) in [5.41, 5.74) is 1.31. The van der Waals surface area contributed by atoms with Gasteiger partial charge in [-0.3, -0.25) is 0 Å². The Morgan fingerprint density at radius 3 is 2.94 bits per heavy atom. The molecule has 94 valence electrons. The van der Waals surface area contributed by atoms with E-state index in [4.69, 9.17) is 4.74 Å².